The Morgan fingerprint density at radius 2 is 1.75 bits per heavy atom. The van der Waals surface area contributed by atoms with E-state index in [1.807, 2.05) is 20.8 Å². The Morgan fingerprint density at radius 3 is 2.25 bits per heavy atom. The van der Waals surface area contributed by atoms with Crippen molar-refractivity contribution in [3.8, 4) is 0 Å². The smallest absolute Gasteiger partial charge is 0.242 e. The first-order chi connectivity index (χ1) is 11.3. The Balaban J connectivity index is 2.99. The molecule has 0 bridgehead atoms. The van der Waals surface area contributed by atoms with Crippen LogP contribution in [-0.4, -0.2) is 29.3 Å². The molecule has 4 nitrogen and oxygen atoms in total. The summed E-state index contributed by atoms with van der Waals surface area (Å²) in [5, 5.41) is 3.86. The van der Waals surface area contributed by atoms with Crippen molar-refractivity contribution >= 4 is 35.0 Å². The summed E-state index contributed by atoms with van der Waals surface area (Å²) < 4.78 is 0. The molecule has 1 rings (SSSR count). The van der Waals surface area contributed by atoms with E-state index < -0.39 is 6.04 Å². The second-order valence-corrected chi connectivity index (χ2v) is 7.10. The lowest BCUT2D eigenvalue weighted by atomic mass is 10.1. The van der Waals surface area contributed by atoms with E-state index in [-0.39, 0.29) is 18.4 Å². The quantitative estimate of drug-likeness (QED) is 0.739. The predicted octanol–water partition coefficient (Wildman–Crippen LogP) is 4.28. The van der Waals surface area contributed by atoms with E-state index in [4.69, 9.17) is 23.2 Å². The lowest BCUT2D eigenvalue weighted by Gasteiger charge is -2.29. The Morgan fingerprint density at radius 1 is 1.17 bits per heavy atom. The first-order valence-corrected chi connectivity index (χ1v) is 9.03. The molecule has 0 saturated carbocycles. The van der Waals surface area contributed by atoms with Crippen LogP contribution in [0, 0.1) is 5.92 Å². The zero-order chi connectivity index (χ0) is 18.3. The number of benzene rings is 1. The van der Waals surface area contributed by atoms with E-state index in [0.29, 0.717) is 40.9 Å². The number of carbonyl (C=O) groups is 2. The molecular formula is C18H26Cl2N2O2. The number of rotatable bonds is 8. The number of carbonyl (C=O) groups excluding carboxylic acids is 2. The summed E-state index contributed by atoms with van der Waals surface area (Å²) in [5.41, 5.74) is 0.661. The van der Waals surface area contributed by atoms with Gasteiger partial charge in [-0.2, -0.15) is 0 Å². The van der Waals surface area contributed by atoms with Crippen molar-refractivity contribution in [3.63, 3.8) is 0 Å². The van der Waals surface area contributed by atoms with Crippen molar-refractivity contribution in [2.45, 2.75) is 53.1 Å². The van der Waals surface area contributed by atoms with Crippen molar-refractivity contribution in [3.05, 3.63) is 33.8 Å². The van der Waals surface area contributed by atoms with Gasteiger partial charge in [0, 0.05) is 35.1 Å². The minimum Gasteiger partial charge on any atom is -0.354 e. The van der Waals surface area contributed by atoms with Crippen LogP contribution in [0.25, 0.3) is 0 Å². The first-order valence-electron chi connectivity index (χ1n) is 8.28. The monoisotopic (exact) mass is 372 g/mol. The maximum atomic E-state index is 12.5. The molecule has 0 saturated heterocycles. The number of nitrogens with zero attached hydrogens (tertiary/aromatic N) is 1. The number of hydrogen-bond acceptors (Lipinski definition) is 2. The minimum absolute atomic E-state index is 0.0827. The molecule has 0 aliphatic rings. The van der Waals surface area contributed by atoms with Gasteiger partial charge in [0.25, 0.3) is 0 Å². The summed E-state index contributed by atoms with van der Waals surface area (Å²) in [5.74, 6) is 0.0935. The van der Waals surface area contributed by atoms with Crippen molar-refractivity contribution in [2.75, 3.05) is 6.54 Å². The fraction of sp³-hybridized carbons (Fsp3) is 0.556. The van der Waals surface area contributed by atoms with Gasteiger partial charge in [-0.3, -0.25) is 9.59 Å². The molecule has 2 amide bonds. The number of hydrogen-bond donors (Lipinski definition) is 1. The minimum atomic E-state index is -0.588. The number of halogens is 2. The molecule has 1 aromatic carbocycles. The SMILES string of the molecule is CCCC(=O)N(Cc1c(Cl)cccc1Cl)[C@@H](C)C(=O)NCC(C)C. The van der Waals surface area contributed by atoms with Crippen LogP contribution >= 0.6 is 23.2 Å². The molecular weight excluding hydrogens is 347 g/mol. The predicted molar refractivity (Wildman–Crippen MR) is 99.2 cm³/mol. The zero-order valence-electron chi connectivity index (χ0n) is 14.7. The maximum Gasteiger partial charge on any atom is 0.242 e. The fourth-order valence-electron chi connectivity index (χ4n) is 2.25. The standard InChI is InChI=1S/C18H26Cl2N2O2/c1-5-7-17(23)22(13(4)18(24)21-10-12(2)3)11-14-15(19)8-6-9-16(14)20/h6,8-9,12-13H,5,7,10-11H2,1-4H3,(H,21,24)/t13-/m0/s1. The Labute approximate surface area is 154 Å². The first kappa shape index (κ1) is 20.8. The Kier molecular flexibility index (Phi) is 8.57. The van der Waals surface area contributed by atoms with Crippen LogP contribution in [-0.2, 0) is 16.1 Å². The molecule has 0 aliphatic carbocycles. The van der Waals surface area contributed by atoms with E-state index in [1.54, 1.807) is 30.0 Å². The van der Waals surface area contributed by atoms with Crippen LogP contribution in [0.5, 0.6) is 0 Å². The second kappa shape index (κ2) is 9.90. The van der Waals surface area contributed by atoms with Crippen molar-refractivity contribution < 1.29 is 9.59 Å². The molecule has 0 fully saturated rings. The van der Waals surface area contributed by atoms with Gasteiger partial charge in [-0.05, 0) is 31.4 Å². The lowest BCUT2D eigenvalue weighted by molar-refractivity contribution is -0.140. The Hall–Kier alpha value is -1.26. The van der Waals surface area contributed by atoms with Gasteiger partial charge in [0.05, 0.1) is 0 Å². The molecule has 134 valence electrons. The third-order valence-corrected chi connectivity index (χ3v) is 4.41. The normalized spacial score (nSPS) is 12.1. The number of nitrogens with one attached hydrogen (secondary N) is 1. The average molecular weight is 373 g/mol. The van der Waals surface area contributed by atoms with Gasteiger partial charge < -0.3 is 10.2 Å². The number of amides is 2. The van der Waals surface area contributed by atoms with Crippen LogP contribution in [0.1, 0.15) is 46.1 Å². The highest BCUT2D eigenvalue weighted by Gasteiger charge is 2.26. The van der Waals surface area contributed by atoms with E-state index in [2.05, 4.69) is 5.32 Å². The Bertz CT molecular complexity index is 556. The van der Waals surface area contributed by atoms with Gasteiger partial charge in [0.15, 0.2) is 0 Å². The van der Waals surface area contributed by atoms with Crippen LogP contribution < -0.4 is 5.32 Å². The summed E-state index contributed by atoms with van der Waals surface area (Å²) in [6.45, 7) is 8.50. The molecule has 0 unspecified atom stereocenters. The van der Waals surface area contributed by atoms with Gasteiger partial charge in [0.1, 0.15) is 6.04 Å². The van der Waals surface area contributed by atoms with E-state index in [9.17, 15) is 9.59 Å². The van der Waals surface area contributed by atoms with Gasteiger partial charge in [-0.1, -0.05) is 50.0 Å². The van der Waals surface area contributed by atoms with Crippen molar-refractivity contribution in [1.82, 2.24) is 10.2 Å². The van der Waals surface area contributed by atoms with Crippen LogP contribution in [0.4, 0.5) is 0 Å². The largest absolute Gasteiger partial charge is 0.354 e. The highest BCUT2D eigenvalue weighted by molar-refractivity contribution is 6.36. The average Bonchev–Trinajstić information content (AvgIpc) is 2.51. The summed E-state index contributed by atoms with van der Waals surface area (Å²) in [7, 11) is 0. The van der Waals surface area contributed by atoms with Crippen molar-refractivity contribution in [1.29, 1.82) is 0 Å². The third-order valence-electron chi connectivity index (χ3n) is 3.71. The van der Waals surface area contributed by atoms with Crippen LogP contribution in [0.3, 0.4) is 0 Å². The maximum absolute atomic E-state index is 12.5. The molecule has 6 heteroatoms. The molecule has 1 atom stereocenters. The van der Waals surface area contributed by atoms with E-state index in [0.717, 1.165) is 0 Å². The fourth-order valence-corrected chi connectivity index (χ4v) is 2.76. The summed E-state index contributed by atoms with van der Waals surface area (Å²) >= 11 is 12.4. The molecule has 0 spiro atoms. The summed E-state index contributed by atoms with van der Waals surface area (Å²) in [4.78, 5) is 26.4. The zero-order valence-corrected chi connectivity index (χ0v) is 16.2. The van der Waals surface area contributed by atoms with Gasteiger partial charge in [-0.15, -0.1) is 0 Å². The highest BCUT2D eigenvalue weighted by Crippen LogP contribution is 2.26. The van der Waals surface area contributed by atoms with E-state index in [1.165, 1.54) is 0 Å². The molecule has 0 aromatic heterocycles. The second-order valence-electron chi connectivity index (χ2n) is 6.29. The summed E-state index contributed by atoms with van der Waals surface area (Å²) in [6.07, 6.45) is 1.09. The highest BCUT2D eigenvalue weighted by atomic mass is 35.5. The molecule has 0 radical (unpaired) electrons. The van der Waals surface area contributed by atoms with Crippen LogP contribution in [0.2, 0.25) is 10.0 Å². The molecule has 24 heavy (non-hydrogen) atoms. The molecule has 1 aromatic rings. The third kappa shape index (κ3) is 5.99. The van der Waals surface area contributed by atoms with E-state index >= 15 is 0 Å². The lowest BCUT2D eigenvalue weighted by Crippen LogP contribution is -2.48. The molecule has 0 aliphatic heterocycles. The summed E-state index contributed by atoms with van der Waals surface area (Å²) in [6, 6.07) is 4.63. The van der Waals surface area contributed by atoms with Gasteiger partial charge in [-0.25, -0.2) is 0 Å². The van der Waals surface area contributed by atoms with Crippen molar-refractivity contribution in [2.24, 2.45) is 5.92 Å². The molecule has 0 heterocycles. The van der Waals surface area contributed by atoms with Gasteiger partial charge >= 0.3 is 0 Å². The topological polar surface area (TPSA) is 49.4 Å². The van der Waals surface area contributed by atoms with Crippen LogP contribution in [0.15, 0.2) is 18.2 Å². The van der Waals surface area contributed by atoms with Gasteiger partial charge in [0.2, 0.25) is 11.8 Å². The molecule has 1 N–H and O–H groups in total.